The maximum atomic E-state index is 13.2. The number of nitrogens with one attached hydrogen (secondary N) is 1. The highest BCUT2D eigenvalue weighted by Crippen LogP contribution is 2.34. The number of benzene rings is 1. The number of hydrogen-bond donors (Lipinski definition) is 2. The second-order valence-corrected chi connectivity index (χ2v) is 9.09. The predicted octanol–water partition coefficient (Wildman–Crippen LogP) is 2.86. The van der Waals surface area contributed by atoms with Gasteiger partial charge in [-0.25, -0.2) is 9.97 Å². The number of esters is 1. The molecule has 0 unspecified atom stereocenters. The van der Waals surface area contributed by atoms with Gasteiger partial charge < -0.3 is 29.0 Å². The second kappa shape index (κ2) is 10.0. The number of pyridine rings is 1. The van der Waals surface area contributed by atoms with Gasteiger partial charge in [0.1, 0.15) is 12.1 Å². The lowest BCUT2D eigenvalue weighted by molar-refractivity contribution is -0.140. The van der Waals surface area contributed by atoms with E-state index >= 15 is 0 Å². The molecule has 11 nitrogen and oxygen atoms in total. The third-order valence-corrected chi connectivity index (χ3v) is 6.50. The summed E-state index contributed by atoms with van der Waals surface area (Å²) in [7, 11) is 3.23. The smallest absolute Gasteiger partial charge is 0.305 e. The average Bonchev–Trinajstić information content (AvgIpc) is 3.62. The van der Waals surface area contributed by atoms with E-state index in [2.05, 4.69) is 15.3 Å². The average molecular weight is 505 g/mol. The number of rotatable bonds is 7. The molecule has 4 heterocycles. The van der Waals surface area contributed by atoms with Crippen LogP contribution < -0.4 is 10.2 Å². The minimum Gasteiger partial charge on any atom is -0.469 e. The molecule has 1 atom stereocenters. The summed E-state index contributed by atoms with van der Waals surface area (Å²) >= 11 is 0. The minimum absolute atomic E-state index is 0.140. The van der Waals surface area contributed by atoms with Gasteiger partial charge >= 0.3 is 5.97 Å². The molecule has 1 saturated heterocycles. The molecule has 1 aliphatic rings. The molecule has 1 fully saturated rings. The third kappa shape index (κ3) is 5.03. The number of methoxy groups -OCH3 is 1. The number of β-amino-alcohol motifs (C(OH)–C–C–N with tert-alkyl or cyclic N) is 1. The molecule has 1 aromatic carbocycles. The maximum Gasteiger partial charge on any atom is 0.305 e. The SMILES string of the molecule is COC(=O)CCc1nc2cc(N3CC[C@@H](O)C3)c(NC(=O)c3coc(-c4ccnc(C)c4)n3)cc2n1C. The van der Waals surface area contributed by atoms with Crippen molar-refractivity contribution < 1.29 is 23.8 Å². The number of anilines is 2. The Morgan fingerprint density at radius 2 is 2.11 bits per heavy atom. The maximum absolute atomic E-state index is 13.2. The first kappa shape index (κ1) is 24.4. The number of aryl methyl sites for hydroxylation is 3. The van der Waals surface area contributed by atoms with Gasteiger partial charge in [-0.1, -0.05) is 0 Å². The van der Waals surface area contributed by atoms with Crippen molar-refractivity contribution in [1.82, 2.24) is 19.5 Å². The molecule has 37 heavy (non-hydrogen) atoms. The van der Waals surface area contributed by atoms with Gasteiger partial charge in [-0.3, -0.25) is 14.6 Å². The van der Waals surface area contributed by atoms with Crippen LogP contribution in [0, 0.1) is 6.92 Å². The van der Waals surface area contributed by atoms with E-state index in [0.29, 0.717) is 37.5 Å². The summed E-state index contributed by atoms with van der Waals surface area (Å²) in [5.74, 6) is 0.329. The highest BCUT2D eigenvalue weighted by atomic mass is 16.5. The van der Waals surface area contributed by atoms with Gasteiger partial charge in [0.25, 0.3) is 5.91 Å². The van der Waals surface area contributed by atoms with Crippen molar-refractivity contribution in [3.05, 3.63) is 53.9 Å². The lowest BCUT2D eigenvalue weighted by atomic mass is 10.2. The molecule has 5 rings (SSSR count). The molecule has 3 aromatic heterocycles. The molecule has 4 aromatic rings. The van der Waals surface area contributed by atoms with Gasteiger partial charge in [0, 0.05) is 44.0 Å². The molecule has 2 N–H and O–H groups in total. The zero-order valence-electron chi connectivity index (χ0n) is 20.9. The van der Waals surface area contributed by atoms with Crippen molar-refractivity contribution in [1.29, 1.82) is 0 Å². The van der Waals surface area contributed by atoms with Crippen LogP contribution in [0.2, 0.25) is 0 Å². The van der Waals surface area contributed by atoms with Crippen LogP contribution in [0.25, 0.3) is 22.5 Å². The Kier molecular flexibility index (Phi) is 6.62. The number of aliphatic hydroxyl groups is 1. The van der Waals surface area contributed by atoms with E-state index in [1.807, 2.05) is 41.6 Å². The molecule has 0 saturated carbocycles. The molecule has 0 bridgehead atoms. The van der Waals surface area contributed by atoms with Crippen molar-refractivity contribution >= 4 is 34.3 Å². The van der Waals surface area contributed by atoms with Crippen molar-refractivity contribution in [3.8, 4) is 11.5 Å². The molecule has 1 amide bonds. The first-order valence-electron chi connectivity index (χ1n) is 12.0. The van der Waals surface area contributed by atoms with Crippen molar-refractivity contribution in [2.45, 2.75) is 32.3 Å². The molecular weight excluding hydrogens is 476 g/mol. The zero-order chi connectivity index (χ0) is 26.1. The van der Waals surface area contributed by atoms with E-state index in [4.69, 9.17) is 14.1 Å². The molecule has 0 aliphatic carbocycles. The highest BCUT2D eigenvalue weighted by molar-refractivity contribution is 6.06. The molecule has 0 radical (unpaired) electrons. The topological polar surface area (TPSA) is 136 Å². The van der Waals surface area contributed by atoms with Crippen molar-refractivity contribution in [2.75, 3.05) is 30.4 Å². The molecule has 11 heteroatoms. The fraction of sp³-hybridized carbons (Fsp3) is 0.346. The van der Waals surface area contributed by atoms with Crippen LogP contribution in [0.15, 0.2) is 41.1 Å². The van der Waals surface area contributed by atoms with E-state index in [9.17, 15) is 14.7 Å². The first-order valence-corrected chi connectivity index (χ1v) is 12.0. The fourth-order valence-electron chi connectivity index (χ4n) is 4.51. The van der Waals surface area contributed by atoms with E-state index in [1.165, 1.54) is 13.4 Å². The summed E-state index contributed by atoms with van der Waals surface area (Å²) in [5.41, 5.74) is 4.53. The summed E-state index contributed by atoms with van der Waals surface area (Å²) in [6.07, 6.45) is 3.82. The molecule has 1 aliphatic heterocycles. The zero-order valence-corrected chi connectivity index (χ0v) is 20.9. The van der Waals surface area contributed by atoms with Gasteiger partial charge in [-0.05, 0) is 37.6 Å². The lowest BCUT2D eigenvalue weighted by Gasteiger charge is -2.22. The summed E-state index contributed by atoms with van der Waals surface area (Å²) in [4.78, 5) is 40.1. The number of aromatic nitrogens is 4. The minimum atomic E-state index is -0.444. The van der Waals surface area contributed by atoms with Gasteiger partial charge in [0.15, 0.2) is 5.69 Å². The lowest BCUT2D eigenvalue weighted by Crippen LogP contribution is -2.23. The van der Waals surface area contributed by atoms with E-state index in [1.54, 1.807) is 12.3 Å². The van der Waals surface area contributed by atoms with Crippen LogP contribution in [0.4, 0.5) is 11.4 Å². The molecular formula is C26H28N6O5. The normalized spacial score (nSPS) is 15.4. The van der Waals surface area contributed by atoms with E-state index in [0.717, 1.165) is 33.8 Å². The largest absolute Gasteiger partial charge is 0.469 e. The standard InChI is InChI=1S/C26H28N6O5/c1-15-10-16(6-8-27-15)26-30-20(14-37-26)25(35)29-19-11-21-18(12-22(19)32-9-7-17(33)13-32)28-23(31(21)2)4-5-24(34)36-3/h6,8,10-12,14,17,33H,4-5,7,9,13H2,1-3H3,(H,29,35)/t17-/m1/s1. The number of carbonyl (C=O) groups is 2. The van der Waals surface area contributed by atoms with Gasteiger partial charge in [-0.2, -0.15) is 0 Å². The van der Waals surface area contributed by atoms with Gasteiger partial charge in [0.2, 0.25) is 5.89 Å². The number of amides is 1. The van der Waals surface area contributed by atoms with E-state index < -0.39 is 12.0 Å². The monoisotopic (exact) mass is 504 g/mol. The first-order chi connectivity index (χ1) is 17.8. The summed E-state index contributed by atoms with van der Waals surface area (Å²) in [6, 6.07) is 7.36. The Bertz CT molecular complexity index is 1480. The molecule has 0 spiro atoms. The molecule has 192 valence electrons. The van der Waals surface area contributed by atoms with Gasteiger partial charge in [-0.15, -0.1) is 0 Å². The van der Waals surface area contributed by atoms with Crippen LogP contribution in [0.3, 0.4) is 0 Å². The third-order valence-electron chi connectivity index (χ3n) is 6.50. The highest BCUT2D eigenvalue weighted by Gasteiger charge is 2.25. The number of oxazole rings is 1. The number of hydrogen-bond acceptors (Lipinski definition) is 9. The Balaban J connectivity index is 1.47. The van der Waals surface area contributed by atoms with Crippen molar-refractivity contribution in [3.63, 3.8) is 0 Å². The fourth-order valence-corrected chi connectivity index (χ4v) is 4.51. The number of nitrogens with zero attached hydrogens (tertiary/aromatic N) is 5. The quantitative estimate of drug-likeness (QED) is 0.364. The Morgan fingerprint density at radius 3 is 2.84 bits per heavy atom. The van der Waals surface area contributed by atoms with Crippen LogP contribution in [-0.2, 0) is 23.0 Å². The number of carbonyl (C=O) groups excluding carboxylic acids is 2. The number of fused-ring (bicyclic) bond motifs is 1. The van der Waals surface area contributed by atoms with Crippen LogP contribution in [0.5, 0.6) is 0 Å². The Morgan fingerprint density at radius 1 is 1.27 bits per heavy atom. The predicted molar refractivity (Wildman–Crippen MR) is 136 cm³/mol. The number of imidazole rings is 1. The number of aliphatic hydroxyl groups excluding tert-OH is 1. The summed E-state index contributed by atoms with van der Waals surface area (Å²) < 4.78 is 12.2. The van der Waals surface area contributed by atoms with Crippen LogP contribution in [0.1, 0.15) is 34.8 Å². The Labute approximate surface area is 213 Å². The number of ether oxygens (including phenoxy) is 1. The second-order valence-electron chi connectivity index (χ2n) is 9.09. The van der Waals surface area contributed by atoms with Crippen LogP contribution in [-0.4, -0.2) is 62.8 Å². The Hall–Kier alpha value is -4.25. The summed E-state index contributed by atoms with van der Waals surface area (Å²) in [6.45, 7) is 2.96. The summed E-state index contributed by atoms with van der Waals surface area (Å²) in [5, 5.41) is 13.1. The van der Waals surface area contributed by atoms with E-state index in [-0.39, 0.29) is 18.1 Å². The van der Waals surface area contributed by atoms with Crippen molar-refractivity contribution in [2.24, 2.45) is 7.05 Å². The van der Waals surface area contributed by atoms with Crippen LogP contribution >= 0.6 is 0 Å². The van der Waals surface area contributed by atoms with Gasteiger partial charge in [0.05, 0.1) is 42.0 Å².